The van der Waals surface area contributed by atoms with Gasteiger partial charge in [0.05, 0.1) is 34.1 Å². The normalized spacial score (nSPS) is 15.1. The third kappa shape index (κ3) is 4.20. The minimum Gasteiger partial charge on any atom is -0.463 e. The molecule has 2 heterocycles. The fraction of sp³-hybridized carbons (Fsp3) is 0.474. The molecule has 0 aromatic carbocycles. The van der Waals surface area contributed by atoms with Gasteiger partial charge in [-0.1, -0.05) is 13.8 Å². The number of hydrogen-bond donors (Lipinski definition) is 1. The van der Waals surface area contributed by atoms with Gasteiger partial charge in [0, 0.05) is 16.3 Å². The molecule has 5 nitrogen and oxygen atoms in total. The van der Waals surface area contributed by atoms with Crippen LogP contribution in [0, 0.1) is 0 Å². The SMILES string of the molecule is CCOC(=O)C1=C(CC)NC(CC)=C(C(=O)OCC)C1c1ccc(Br)s1. The molecule has 0 saturated carbocycles. The van der Waals surface area contributed by atoms with Crippen molar-refractivity contribution in [2.24, 2.45) is 0 Å². The molecule has 0 amide bonds. The van der Waals surface area contributed by atoms with Crippen LogP contribution in [0.3, 0.4) is 0 Å². The van der Waals surface area contributed by atoms with E-state index < -0.39 is 17.9 Å². The summed E-state index contributed by atoms with van der Waals surface area (Å²) in [4.78, 5) is 26.5. The van der Waals surface area contributed by atoms with Gasteiger partial charge in [0.1, 0.15) is 0 Å². The first-order chi connectivity index (χ1) is 12.5. The van der Waals surface area contributed by atoms with Crippen molar-refractivity contribution in [3.05, 3.63) is 43.3 Å². The number of rotatable bonds is 7. The van der Waals surface area contributed by atoms with Gasteiger partial charge in [-0.05, 0) is 54.8 Å². The van der Waals surface area contributed by atoms with Gasteiger partial charge in [0.15, 0.2) is 0 Å². The van der Waals surface area contributed by atoms with Crippen LogP contribution in [-0.4, -0.2) is 25.2 Å². The molecule has 7 heteroatoms. The van der Waals surface area contributed by atoms with Gasteiger partial charge in [-0.25, -0.2) is 9.59 Å². The minimum absolute atomic E-state index is 0.277. The Balaban J connectivity index is 2.68. The molecule has 1 aromatic rings. The number of thiophene rings is 1. The number of hydrogen-bond acceptors (Lipinski definition) is 6. The Morgan fingerprint density at radius 1 is 1.00 bits per heavy atom. The van der Waals surface area contributed by atoms with E-state index in [0.29, 0.717) is 24.0 Å². The topological polar surface area (TPSA) is 64.6 Å². The summed E-state index contributed by atoms with van der Waals surface area (Å²) in [7, 11) is 0. The van der Waals surface area contributed by atoms with E-state index >= 15 is 0 Å². The number of allylic oxidation sites excluding steroid dienone is 2. The first kappa shape index (κ1) is 20.7. The maximum Gasteiger partial charge on any atom is 0.336 e. The van der Waals surface area contributed by atoms with E-state index in [1.165, 1.54) is 11.3 Å². The molecule has 1 aliphatic rings. The maximum atomic E-state index is 12.8. The van der Waals surface area contributed by atoms with Crippen molar-refractivity contribution in [3.63, 3.8) is 0 Å². The molecule has 0 radical (unpaired) electrons. The van der Waals surface area contributed by atoms with Crippen LogP contribution in [0.15, 0.2) is 38.5 Å². The van der Waals surface area contributed by atoms with E-state index in [-0.39, 0.29) is 13.2 Å². The molecule has 1 aromatic heterocycles. The Morgan fingerprint density at radius 2 is 1.50 bits per heavy atom. The standard InChI is InChI=1S/C19H24BrNO4S/c1-5-11-15(18(22)24-7-3)17(13-9-10-14(20)26-13)16(12(6-2)21-11)19(23)25-8-4/h9-10,17,21H,5-8H2,1-4H3. The monoisotopic (exact) mass is 441 g/mol. The number of esters is 2. The van der Waals surface area contributed by atoms with Crippen LogP contribution in [-0.2, 0) is 19.1 Å². The summed E-state index contributed by atoms with van der Waals surface area (Å²) in [6.07, 6.45) is 1.27. The van der Waals surface area contributed by atoms with Crippen molar-refractivity contribution in [1.82, 2.24) is 5.32 Å². The van der Waals surface area contributed by atoms with E-state index in [1.807, 2.05) is 26.0 Å². The third-order valence-corrected chi connectivity index (χ3v) is 5.79. The van der Waals surface area contributed by atoms with Crippen molar-refractivity contribution in [2.45, 2.75) is 46.5 Å². The Kier molecular flexibility index (Phi) is 7.46. The molecule has 142 valence electrons. The average Bonchev–Trinajstić information content (AvgIpc) is 3.06. The van der Waals surface area contributed by atoms with E-state index in [4.69, 9.17) is 9.47 Å². The molecule has 0 saturated heterocycles. The van der Waals surface area contributed by atoms with E-state index in [2.05, 4.69) is 21.2 Å². The first-order valence-electron chi connectivity index (χ1n) is 8.80. The van der Waals surface area contributed by atoms with Crippen molar-refractivity contribution in [2.75, 3.05) is 13.2 Å². The van der Waals surface area contributed by atoms with Crippen LogP contribution in [0.1, 0.15) is 51.3 Å². The predicted molar refractivity (Wildman–Crippen MR) is 106 cm³/mol. The molecule has 0 aliphatic carbocycles. The molecule has 26 heavy (non-hydrogen) atoms. The summed E-state index contributed by atoms with van der Waals surface area (Å²) < 4.78 is 11.6. The zero-order valence-corrected chi connectivity index (χ0v) is 17.9. The Morgan fingerprint density at radius 3 is 1.85 bits per heavy atom. The highest BCUT2D eigenvalue weighted by atomic mass is 79.9. The second kappa shape index (κ2) is 9.37. The molecular formula is C19H24BrNO4S. The number of carbonyl (C=O) groups is 2. The van der Waals surface area contributed by atoms with Crippen molar-refractivity contribution in [3.8, 4) is 0 Å². The van der Waals surface area contributed by atoms with Crippen LogP contribution in [0.5, 0.6) is 0 Å². The highest BCUT2D eigenvalue weighted by molar-refractivity contribution is 9.11. The molecule has 1 aliphatic heterocycles. The fourth-order valence-electron chi connectivity index (χ4n) is 3.04. The zero-order valence-electron chi connectivity index (χ0n) is 15.5. The van der Waals surface area contributed by atoms with Crippen LogP contribution in [0.25, 0.3) is 0 Å². The minimum atomic E-state index is -0.490. The first-order valence-corrected chi connectivity index (χ1v) is 10.4. The summed E-state index contributed by atoms with van der Waals surface area (Å²) in [5, 5.41) is 3.29. The third-order valence-electron chi connectivity index (χ3n) is 4.11. The van der Waals surface area contributed by atoms with Gasteiger partial charge < -0.3 is 14.8 Å². The van der Waals surface area contributed by atoms with Gasteiger partial charge in [-0.2, -0.15) is 0 Å². The Labute approximate surface area is 166 Å². The molecule has 2 rings (SSSR count). The number of ether oxygens (including phenoxy) is 2. The van der Waals surface area contributed by atoms with Gasteiger partial charge >= 0.3 is 11.9 Å². The summed E-state index contributed by atoms with van der Waals surface area (Å²) in [5.41, 5.74) is 2.57. The van der Waals surface area contributed by atoms with Gasteiger partial charge in [0.2, 0.25) is 0 Å². The van der Waals surface area contributed by atoms with E-state index in [0.717, 1.165) is 20.1 Å². The average molecular weight is 442 g/mol. The highest BCUT2D eigenvalue weighted by Gasteiger charge is 2.39. The van der Waals surface area contributed by atoms with Crippen molar-refractivity contribution >= 4 is 39.2 Å². The smallest absolute Gasteiger partial charge is 0.336 e. The molecular weight excluding hydrogens is 418 g/mol. The predicted octanol–water partition coefficient (Wildman–Crippen LogP) is 4.65. The Hall–Kier alpha value is -1.60. The van der Waals surface area contributed by atoms with Crippen molar-refractivity contribution < 1.29 is 19.1 Å². The number of nitrogens with one attached hydrogen (secondary N) is 1. The van der Waals surface area contributed by atoms with Crippen molar-refractivity contribution in [1.29, 1.82) is 0 Å². The lowest BCUT2D eigenvalue weighted by molar-refractivity contribution is -0.139. The van der Waals surface area contributed by atoms with Gasteiger partial charge in [-0.15, -0.1) is 11.3 Å². The lowest BCUT2D eigenvalue weighted by Crippen LogP contribution is -2.33. The summed E-state index contributed by atoms with van der Waals surface area (Å²) in [6.45, 7) is 8.06. The van der Waals surface area contributed by atoms with Crippen LogP contribution < -0.4 is 5.32 Å². The summed E-state index contributed by atoms with van der Waals surface area (Å²) >= 11 is 4.98. The molecule has 0 unspecified atom stereocenters. The van der Waals surface area contributed by atoms with Gasteiger partial charge in [-0.3, -0.25) is 0 Å². The van der Waals surface area contributed by atoms with E-state index in [1.54, 1.807) is 13.8 Å². The molecule has 0 fully saturated rings. The van der Waals surface area contributed by atoms with Crippen LogP contribution >= 0.6 is 27.3 Å². The summed E-state index contributed by atoms with van der Waals surface area (Å²) in [5.74, 6) is -1.29. The number of dihydropyridines is 1. The highest BCUT2D eigenvalue weighted by Crippen LogP contribution is 2.43. The molecule has 1 N–H and O–H groups in total. The summed E-state index contributed by atoms with van der Waals surface area (Å²) in [6, 6.07) is 3.86. The fourth-order valence-corrected chi connectivity index (χ4v) is 4.58. The zero-order chi connectivity index (χ0) is 19.3. The number of halogens is 1. The second-order valence-corrected chi connectivity index (χ2v) is 8.13. The van der Waals surface area contributed by atoms with E-state index in [9.17, 15) is 9.59 Å². The second-order valence-electron chi connectivity index (χ2n) is 5.63. The quantitative estimate of drug-likeness (QED) is 0.623. The molecule has 0 bridgehead atoms. The number of carbonyl (C=O) groups excluding carboxylic acids is 2. The lowest BCUT2D eigenvalue weighted by Gasteiger charge is -2.31. The maximum absolute atomic E-state index is 12.8. The van der Waals surface area contributed by atoms with Gasteiger partial charge in [0.25, 0.3) is 0 Å². The molecule has 0 spiro atoms. The lowest BCUT2D eigenvalue weighted by atomic mass is 9.83. The molecule has 0 atom stereocenters. The largest absolute Gasteiger partial charge is 0.463 e. The Bertz CT molecular complexity index is 708. The van der Waals surface area contributed by atoms with Crippen LogP contribution in [0.4, 0.5) is 0 Å². The van der Waals surface area contributed by atoms with Crippen LogP contribution in [0.2, 0.25) is 0 Å².